The Bertz CT molecular complexity index is 336. The van der Waals surface area contributed by atoms with Gasteiger partial charge in [0.25, 0.3) is 0 Å². The third-order valence-corrected chi connectivity index (χ3v) is 3.46. The summed E-state index contributed by atoms with van der Waals surface area (Å²) in [5, 5.41) is 9.79. The fourth-order valence-electron chi connectivity index (χ4n) is 2.39. The van der Waals surface area contributed by atoms with Gasteiger partial charge in [-0.25, -0.2) is 0 Å². The number of hydrogen-bond acceptors (Lipinski definition) is 2. The van der Waals surface area contributed by atoms with Gasteiger partial charge in [-0.3, -0.25) is 0 Å². The van der Waals surface area contributed by atoms with Gasteiger partial charge >= 0.3 is 0 Å². The van der Waals surface area contributed by atoms with E-state index in [0.29, 0.717) is 5.92 Å². The van der Waals surface area contributed by atoms with Crippen molar-refractivity contribution in [3.05, 3.63) is 35.9 Å². The second-order valence-electron chi connectivity index (χ2n) is 5.81. The minimum absolute atomic E-state index is 0.174. The van der Waals surface area contributed by atoms with E-state index in [-0.39, 0.29) is 12.0 Å². The molecule has 0 aliphatic rings. The molecule has 18 heavy (non-hydrogen) atoms. The highest BCUT2D eigenvalue weighted by Crippen LogP contribution is 2.24. The predicted octanol–water partition coefficient (Wildman–Crippen LogP) is 2.91. The summed E-state index contributed by atoms with van der Waals surface area (Å²) in [5.41, 5.74) is 1.04. The maximum absolute atomic E-state index is 9.79. The summed E-state index contributed by atoms with van der Waals surface area (Å²) in [5.74, 6) is 0.656. The highest BCUT2D eigenvalue weighted by Gasteiger charge is 2.28. The molecule has 1 unspecified atom stereocenters. The van der Waals surface area contributed by atoms with E-state index in [1.807, 2.05) is 18.2 Å². The zero-order valence-electron chi connectivity index (χ0n) is 12.2. The van der Waals surface area contributed by atoms with Crippen molar-refractivity contribution in [1.82, 2.24) is 4.90 Å². The maximum atomic E-state index is 9.79. The van der Waals surface area contributed by atoms with Crippen molar-refractivity contribution in [3.63, 3.8) is 0 Å². The van der Waals surface area contributed by atoms with Crippen LogP contribution in [0.25, 0.3) is 0 Å². The number of aliphatic hydroxyl groups is 1. The molecule has 1 atom stereocenters. The lowest BCUT2D eigenvalue weighted by Gasteiger charge is -2.35. The summed E-state index contributed by atoms with van der Waals surface area (Å²) >= 11 is 0. The summed E-state index contributed by atoms with van der Waals surface area (Å²) in [7, 11) is 0. The molecule has 1 rings (SSSR count). The molecule has 1 aromatic rings. The van der Waals surface area contributed by atoms with Gasteiger partial charge in [0.2, 0.25) is 0 Å². The minimum atomic E-state index is -0.174. The molecule has 2 nitrogen and oxygen atoms in total. The smallest absolute Gasteiger partial charge is 0.0537 e. The monoisotopic (exact) mass is 249 g/mol. The van der Waals surface area contributed by atoms with Crippen molar-refractivity contribution in [3.8, 4) is 0 Å². The Morgan fingerprint density at radius 3 is 2.28 bits per heavy atom. The molecule has 0 aliphatic carbocycles. The van der Waals surface area contributed by atoms with Crippen LogP contribution in [-0.4, -0.2) is 36.2 Å². The van der Waals surface area contributed by atoms with Gasteiger partial charge in [0, 0.05) is 18.5 Å². The van der Waals surface area contributed by atoms with E-state index in [4.69, 9.17) is 0 Å². The molecule has 0 amide bonds. The number of rotatable bonds is 7. The average molecular weight is 249 g/mol. The Morgan fingerprint density at radius 2 is 1.83 bits per heavy atom. The highest BCUT2D eigenvalue weighted by atomic mass is 16.3. The molecule has 0 fully saturated rings. The van der Waals surface area contributed by atoms with E-state index in [0.717, 1.165) is 19.6 Å². The van der Waals surface area contributed by atoms with Crippen LogP contribution in [0.5, 0.6) is 0 Å². The number of hydrogen-bond donors (Lipinski definition) is 1. The van der Waals surface area contributed by atoms with E-state index in [1.54, 1.807) is 0 Å². The first-order chi connectivity index (χ1) is 8.51. The van der Waals surface area contributed by atoms with Crippen molar-refractivity contribution in [1.29, 1.82) is 0 Å². The van der Waals surface area contributed by atoms with Crippen LogP contribution < -0.4 is 0 Å². The van der Waals surface area contributed by atoms with Crippen LogP contribution in [0.3, 0.4) is 0 Å². The normalized spacial score (nSPS) is 15.1. The summed E-state index contributed by atoms with van der Waals surface area (Å²) in [6, 6.07) is 10.3. The van der Waals surface area contributed by atoms with Crippen molar-refractivity contribution in [2.24, 2.45) is 5.92 Å². The Morgan fingerprint density at radius 1 is 1.22 bits per heavy atom. The average Bonchev–Trinajstić information content (AvgIpc) is 2.38. The van der Waals surface area contributed by atoms with Gasteiger partial charge in [-0.15, -0.1) is 0 Å². The second-order valence-corrected chi connectivity index (χ2v) is 5.81. The third-order valence-electron chi connectivity index (χ3n) is 3.46. The first-order valence-electron chi connectivity index (χ1n) is 6.90. The first kappa shape index (κ1) is 15.2. The van der Waals surface area contributed by atoms with Gasteiger partial charge < -0.3 is 10.0 Å². The van der Waals surface area contributed by atoms with E-state index in [2.05, 4.69) is 44.7 Å². The van der Waals surface area contributed by atoms with Crippen LogP contribution in [0.2, 0.25) is 0 Å². The molecule has 0 radical (unpaired) electrons. The summed E-state index contributed by atoms with van der Waals surface area (Å²) in [6.07, 6.45) is 0. The predicted molar refractivity (Wildman–Crippen MR) is 77.8 cm³/mol. The van der Waals surface area contributed by atoms with Gasteiger partial charge in [0.1, 0.15) is 0 Å². The summed E-state index contributed by atoms with van der Waals surface area (Å²) in [4.78, 5) is 2.42. The fourth-order valence-corrected chi connectivity index (χ4v) is 2.39. The number of nitrogens with zero attached hydrogens (tertiary/aromatic N) is 1. The van der Waals surface area contributed by atoms with Crippen molar-refractivity contribution < 1.29 is 5.11 Å². The van der Waals surface area contributed by atoms with Crippen LogP contribution in [0.4, 0.5) is 0 Å². The number of likely N-dealkylation sites (N-methyl/N-ethyl adjacent to an activating group) is 1. The summed E-state index contributed by atoms with van der Waals surface area (Å²) < 4.78 is 0. The van der Waals surface area contributed by atoms with Gasteiger partial charge in [0.05, 0.1) is 6.61 Å². The molecule has 0 bridgehead atoms. The van der Waals surface area contributed by atoms with Gasteiger partial charge in [-0.1, -0.05) is 58.0 Å². The van der Waals surface area contributed by atoms with Crippen LogP contribution in [0.1, 0.15) is 33.3 Å². The van der Waals surface area contributed by atoms with Crippen LogP contribution in [0, 0.1) is 5.92 Å². The highest BCUT2D eigenvalue weighted by molar-refractivity contribution is 5.25. The standard InChI is InChI=1S/C16H27NO/c1-5-17(11-14(2)3)12-16(4,13-18)15-9-7-6-8-10-15/h6-10,14,18H,5,11-13H2,1-4H3. The van der Waals surface area contributed by atoms with E-state index in [1.165, 1.54) is 5.56 Å². The minimum Gasteiger partial charge on any atom is -0.395 e. The number of benzene rings is 1. The van der Waals surface area contributed by atoms with Crippen LogP contribution in [-0.2, 0) is 5.41 Å². The Balaban J connectivity index is 2.81. The van der Waals surface area contributed by atoms with Crippen molar-refractivity contribution in [2.75, 3.05) is 26.2 Å². The van der Waals surface area contributed by atoms with Gasteiger partial charge in [-0.05, 0) is 18.0 Å². The molecule has 0 aromatic heterocycles. The fraction of sp³-hybridized carbons (Fsp3) is 0.625. The molecular weight excluding hydrogens is 222 g/mol. The molecule has 0 spiro atoms. The SMILES string of the molecule is CCN(CC(C)C)CC(C)(CO)c1ccccc1. The van der Waals surface area contributed by atoms with Gasteiger partial charge in [-0.2, -0.15) is 0 Å². The lowest BCUT2D eigenvalue weighted by atomic mass is 9.82. The molecule has 1 aromatic carbocycles. The third kappa shape index (κ3) is 4.11. The zero-order valence-corrected chi connectivity index (χ0v) is 12.2. The molecular formula is C16H27NO. The molecule has 0 aliphatic heterocycles. The first-order valence-corrected chi connectivity index (χ1v) is 6.90. The Labute approximate surface area is 112 Å². The number of aliphatic hydroxyl groups excluding tert-OH is 1. The largest absolute Gasteiger partial charge is 0.395 e. The van der Waals surface area contributed by atoms with E-state index in [9.17, 15) is 5.11 Å². The lowest BCUT2D eigenvalue weighted by Crippen LogP contribution is -2.42. The summed E-state index contributed by atoms with van der Waals surface area (Å²) in [6.45, 7) is 12.0. The molecule has 0 saturated heterocycles. The van der Waals surface area contributed by atoms with E-state index >= 15 is 0 Å². The van der Waals surface area contributed by atoms with Crippen LogP contribution >= 0.6 is 0 Å². The Kier molecular flexibility index (Phi) is 5.83. The zero-order chi connectivity index (χ0) is 13.6. The lowest BCUT2D eigenvalue weighted by molar-refractivity contribution is 0.139. The topological polar surface area (TPSA) is 23.5 Å². The Hall–Kier alpha value is -0.860. The van der Waals surface area contributed by atoms with E-state index < -0.39 is 0 Å². The van der Waals surface area contributed by atoms with Crippen molar-refractivity contribution >= 4 is 0 Å². The molecule has 0 saturated carbocycles. The molecule has 0 heterocycles. The molecule has 1 N–H and O–H groups in total. The maximum Gasteiger partial charge on any atom is 0.0537 e. The van der Waals surface area contributed by atoms with Gasteiger partial charge in [0.15, 0.2) is 0 Å². The molecule has 102 valence electrons. The van der Waals surface area contributed by atoms with Crippen molar-refractivity contribution in [2.45, 2.75) is 33.1 Å². The molecule has 2 heteroatoms. The van der Waals surface area contributed by atoms with Crippen LogP contribution in [0.15, 0.2) is 30.3 Å². The second kappa shape index (κ2) is 6.91. The quantitative estimate of drug-likeness (QED) is 0.803.